The van der Waals surface area contributed by atoms with Crippen molar-refractivity contribution in [1.82, 2.24) is 9.97 Å². The van der Waals surface area contributed by atoms with Gasteiger partial charge in [-0.3, -0.25) is 4.79 Å². The van der Waals surface area contributed by atoms with Gasteiger partial charge >= 0.3 is 0 Å². The third kappa shape index (κ3) is 3.83. The van der Waals surface area contributed by atoms with Crippen LogP contribution in [0.15, 0.2) is 54.7 Å². The number of nitrogens with zero attached hydrogens (tertiary/aromatic N) is 1. The number of imidazole rings is 1. The Morgan fingerprint density at radius 2 is 2.00 bits per heavy atom. The van der Waals surface area contributed by atoms with Crippen molar-refractivity contribution in [2.45, 2.75) is 13.3 Å². The molecule has 0 spiro atoms. The number of amides is 1. The molecule has 0 saturated carbocycles. The number of halogens is 1. The smallest absolute Gasteiger partial charge is 0.228 e. The zero-order chi connectivity index (χ0) is 16.2. The molecule has 0 fully saturated rings. The number of benzene rings is 2. The molecule has 0 unspecified atom stereocenters. The SMILES string of the molecule is Cc1ncc(-c2ccc(NC(=O)Cc3cccc(F)c3)cc2)[nH]1. The Bertz CT molecular complexity index is 824. The maximum Gasteiger partial charge on any atom is 0.228 e. The van der Waals surface area contributed by atoms with Crippen LogP contribution in [-0.4, -0.2) is 15.9 Å². The Labute approximate surface area is 133 Å². The minimum absolute atomic E-state index is 0.138. The van der Waals surface area contributed by atoms with Crippen LogP contribution in [-0.2, 0) is 11.2 Å². The largest absolute Gasteiger partial charge is 0.342 e. The number of carbonyl (C=O) groups is 1. The minimum atomic E-state index is -0.338. The number of aromatic amines is 1. The Balaban J connectivity index is 1.65. The first-order valence-corrected chi connectivity index (χ1v) is 7.26. The van der Waals surface area contributed by atoms with Gasteiger partial charge in [0.1, 0.15) is 11.6 Å². The molecule has 2 aromatic carbocycles. The molecule has 4 nitrogen and oxygen atoms in total. The normalized spacial score (nSPS) is 10.5. The van der Waals surface area contributed by atoms with Crippen molar-refractivity contribution in [3.8, 4) is 11.3 Å². The van der Waals surface area contributed by atoms with Gasteiger partial charge in [0, 0.05) is 5.69 Å². The highest BCUT2D eigenvalue weighted by molar-refractivity contribution is 5.92. The van der Waals surface area contributed by atoms with Gasteiger partial charge < -0.3 is 10.3 Å². The number of aromatic nitrogens is 2. The number of carbonyl (C=O) groups excluding carboxylic acids is 1. The van der Waals surface area contributed by atoms with Crippen LogP contribution < -0.4 is 5.32 Å². The average molecular weight is 309 g/mol. The first-order valence-electron chi connectivity index (χ1n) is 7.26. The number of hydrogen-bond donors (Lipinski definition) is 2. The summed E-state index contributed by atoms with van der Waals surface area (Å²) in [7, 11) is 0. The second-order valence-corrected chi connectivity index (χ2v) is 5.31. The van der Waals surface area contributed by atoms with E-state index in [2.05, 4.69) is 15.3 Å². The summed E-state index contributed by atoms with van der Waals surface area (Å²) in [6, 6.07) is 13.5. The third-order valence-corrected chi connectivity index (χ3v) is 3.44. The van der Waals surface area contributed by atoms with Gasteiger partial charge in [-0.05, 0) is 42.3 Å². The molecule has 0 saturated heterocycles. The lowest BCUT2D eigenvalue weighted by atomic mass is 10.1. The second-order valence-electron chi connectivity index (χ2n) is 5.31. The van der Waals surface area contributed by atoms with Gasteiger partial charge in [-0.2, -0.15) is 0 Å². The number of rotatable bonds is 4. The minimum Gasteiger partial charge on any atom is -0.342 e. The van der Waals surface area contributed by atoms with Crippen LogP contribution in [0, 0.1) is 12.7 Å². The summed E-state index contributed by atoms with van der Waals surface area (Å²) in [5.74, 6) is 0.336. The lowest BCUT2D eigenvalue weighted by Crippen LogP contribution is -2.14. The van der Waals surface area contributed by atoms with E-state index in [1.54, 1.807) is 18.3 Å². The summed E-state index contributed by atoms with van der Waals surface area (Å²) in [5.41, 5.74) is 3.27. The van der Waals surface area contributed by atoms with E-state index >= 15 is 0 Å². The molecule has 23 heavy (non-hydrogen) atoms. The van der Waals surface area contributed by atoms with Gasteiger partial charge in [0.2, 0.25) is 5.91 Å². The highest BCUT2D eigenvalue weighted by atomic mass is 19.1. The van der Waals surface area contributed by atoms with E-state index in [0.717, 1.165) is 17.1 Å². The van der Waals surface area contributed by atoms with Crippen LogP contribution in [0.5, 0.6) is 0 Å². The second kappa shape index (κ2) is 6.44. The zero-order valence-electron chi connectivity index (χ0n) is 12.6. The quantitative estimate of drug-likeness (QED) is 0.772. The van der Waals surface area contributed by atoms with Crippen LogP contribution in [0.4, 0.5) is 10.1 Å². The summed E-state index contributed by atoms with van der Waals surface area (Å²) >= 11 is 0. The lowest BCUT2D eigenvalue weighted by Gasteiger charge is -2.06. The van der Waals surface area contributed by atoms with E-state index in [9.17, 15) is 9.18 Å². The van der Waals surface area contributed by atoms with Crippen LogP contribution in [0.1, 0.15) is 11.4 Å². The Morgan fingerprint density at radius 3 is 2.65 bits per heavy atom. The molecule has 1 heterocycles. The highest BCUT2D eigenvalue weighted by Crippen LogP contribution is 2.19. The van der Waals surface area contributed by atoms with Crippen molar-refractivity contribution in [1.29, 1.82) is 0 Å². The van der Waals surface area contributed by atoms with E-state index in [-0.39, 0.29) is 18.1 Å². The van der Waals surface area contributed by atoms with Crippen LogP contribution >= 0.6 is 0 Å². The van der Waals surface area contributed by atoms with Gasteiger partial charge in [-0.15, -0.1) is 0 Å². The number of H-pyrrole nitrogens is 1. The van der Waals surface area contributed by atoms with Gasteiger partial charge in [0.15, 0.2) is 0 Å². The van der Waals surface area contributed by atoms with E-state index in [4.69, 9.17) is 0 Å². The molecule has 1 aromatic heterocycles. The molecular weight excluding hydrogens is 293 g/mol. The van der Waals surface area contributed by atoms with Crippen molar-refractivity contribution < 1.29 is 9.18 Å². The third-order valence-electron chi connectivity index (χ3n) is 3.44. The number of nitrogens with one attached hydrogen (secondary N) is 2. The summed E-state index contributed by atoms with van der Waals surface area (Å²) < 4.78 is 13.1. The van der Waals surface area contributed by atoms with Crippen molar-refractivity contribution in [3.63, 3.8) is 0 Å². The number of aryl methyl sites for hydroxylation is 1. The molecule has 2 N–H and O–H groups in total. The van der Waals surface area contributed by atoms with Crippen molar-refractivity contribution in [3.05, 3.63) is 71.9 Å². The molecule has 3 aromatic rings. The predicted molar refractivity (Wildman–Crippen MR) is 87.5 cm³/mol. The Kier molecular flexibility index (Phi) is 4.19. The van der Waals surface area contributed by atoms with Crippen LogP contribution in [0.25, 0.3) is 11.3 Å². The molecule has 0 aliphatic rings. The Morgan fingerprint density at radius 1 is 1.22 bits per heavy atom. The highest BCUT2D eigenvalue weighted by Gasteiger charge is 2.06. The van der Waals surface area contributed by atoms with E-state index in [1.165, 1.54) is 12.1 Å². The molecule has 1 amide bonds. The summed E-state index contributed by atoms with van der Waals surface area (Å²) in [4.78, 5) is 19.3. The lowest BCUT2D eigenvalue weighted by molar-refractivity contribution is -0.115. The topological polar surface area (TPSA) is 57.8 Å². The van der Waals surface area contributed by atoms with Crippen LogP contribution in [0.3, 0.4) is 0 Å². The first-order chi connectivity index (χ1) is 11.1. The molecule has 0 aliphatic heterocycles. The Hall–Kier alpha value is -2.95. The van der Waals surface area contributed by atoms with Crippen LogP contribution in [0.2, 0.25) is 0 Å². The molecule has 0 aliphatic carbocycles. The fraction of sp³-hybridized carbons (Fsp3) is 0.111. The monoisotopic (exact) mass is 309 g/mol. The van der Waals surface area contributed by atoms with Crippen molar-refractivity contribution in [2.75, 3.05) is 5.32 Å². The zero-order valence-corrected chi connectivity index (χ0v) is 12.6. The summed E-state index contributed by atoms with van der Waals surface area (Å²) in [6.45, 7) is 1.89. The maximum atomic E-state index is 13.1. The van der Waals surface area contributed by atoms with Crippen molar-refractivity contribution >= 4 is 11.6 Å². The van der Waals surface area contributed by atoms with E-state index in [0.29, 0.717) is 11.3 Å². The maximum absolute atomic E-state index is 13.1. The fourth-order valence-electron chi connectivity index (χ4n) is 2.34. The molecular formula is C18H16FN3O. The molecule has 3 rings (SSSR count). The summed E-state index contributed by atoms with van der Waals surface area (Å²) in [5, 5.41) is 2.81. The van der Waals surface area contributed by atoms with Gasteiger partial charge in [0.05, 0.1) is 18.3 Å². The fourth-order valence-corrected chi connectivity index (χ4v) is 2.34. The first kappa shape index (κ1) is 15.0. The van der Waals surface area contributed by atoms with Gasteiger partial charge in [0.25, 0.3) is 0 Å². The number of anilines is 1. The average Bonchev–Trinajstić information content (AvgIpc) is 2.94. The van der Waals surface area contributed by atoms with E-state index in [1.807, 2.05) is 31.2 Å². The molecule has 0 bridgehead atoms. The molecule has 116 valence electrons. The van der Waals surface area contributed by atoms with Gasteiger partial charge in [-0.1, -0.05) is 24.3 Å². The standard InChI is InChI=1S/C18H16FN3O/c1-12-20-11-17(21-12)14-5-7-16(8-6-14)22-18(23)10-13-3-2-4-15(19)9-13/h2-9,11H,10H2,1H3,(H,20,21)(H,22,23). The molecule has 0 radical (unpaired) electrons. The summed E-state index contributed by atoms with van der Waals surface area (Å²) in [6.07, 6.45) is 1.91. The van der Waals surface area contributed by atoms with E-state index < -0.39 is 0 Å². The van der Waals surface area contributed by atoms with Crippen molar-refractivity contribution in [2.24, 2.45) is 0 Å². The predicted octanol–water partition coefficient (Wildman–Crippen LogP) is 3.71. The van der Waals surface area contributed by atoms with Gasteiger partial charge in [-0.25, -0.2) is 9.37 Å². The molecule has 5 heteroatoms. The number of hydrogen-bond acceptors (Lipinski definition) is 2. The molecule has 0 atom stereocenters.